The van der Waals surface area contributed by atoms with Gasteiger partial charge in [-0.15, -0.1) is 0 Å². The van der Waals surface area contributed by atoms with Gasteiger partial charge in [0, 0.05) is 32.1 Å². The summed E-state index contributed by atoms with van der Waals surface area (Å²) >= 11 is 0. The van der Waals surface area contributed by atoms with Crippen LogP contribution < -0.4 is 10.6 Å². The maximum atomic E-state index is 12.1. The third kappa shape index (κ3) is 4.09. The van der Waals surface area contributed by atoms with E-state index in [0.717, 1.165) is 12.8 Å². The van der Waals surface area contributed by atoms with E-state index in [1.807, 2.05) is 0 Å². The first kappa shape index (κ1) is 15.1. The molecule has 0 unspecified atom stereocenters. The van der Waals surface area contributed by atoms with Gasteiger partial charge in [0.2, 0.25) is 5.91 Å². The molecule has 0 spiro atoms. The summed E-state index contributed by atoms with van der Waals surface area (Å²) in [6.07, 6.45) is 2.18. The Bertz CT molecular complexity index is 491. The van der Waals surface area contributed by atoms with E-state index >= 15 is 0 Å². The molecule has 0 radical (unpaired) electrons. The number of rotatable bonds is 2. The minimum absolute atomic E-state index is 0.0145. The van der Waals surface area contributed by atoms with Gasteiger partial charge in [-0.3, -0.25) is 4.79 Å². The van der Waals surface area contributed by atoms with Crippen molar-refractivity contribution in [3.8, 4) is 0 Å². The molecule has 2 rings (SSSR count). The van der Waals surface area contributed by atoms with Crippen LogP contribution in [0, 0.1) is 0 Å². The number of nitrogens with one attached hydrogen (secondary N) is 2. The summed E-state index contributed by atoms with van der Waals surface area (Å²) in [5, 5.41) is 5.59. The first-order valence-corrected chi connectivity index (χ1v) is 8.71. The molecule has 2 fully saturated rings. The lowest BCUT2D eigenvalue weighted by Gasteiger charge is -2.33. The smallest absolute Gasteiger partial charge is 0.317 e. The Morgan fingerprint density at radius 1 is 1.15 bits per heavy atom. The molecule has 8 heteroatoms. The van der Waals surface area contributed by atoms with Crippen LogP contribution in [0.25, 0.3) is 0 Å². The number of carbonyl (C=O) groups excluding carboxylic acids is 2. The summed E-state index contributed by atoms with van der Waals surface area (Å²) in [5.41, 5.74) is 0. The second kappa shape index (κ2) is 5.99. The topological polar surface area (TPSA) is 95.6 Å². The van der Waals surface area contributed by atoms with Gasteiger partial charge in [0.25, 0.3) is 0 Å². The quantitative estimate of drug-likeness (QED) is 0.718. The third-order valence-electron chi connectivity index (χ3n) is 3.68. The van der Waals surface area contributed by atoms with Crippen molar-refractivity contribution >= 4 is 21.8 Å². The van der Waals surface area contributed by atoms with Gasteiger partial charge in [-0.05, 0) is 19.3 Å². The molecular formula is C12H21N3O4S. The van der Waals surface area contributed by atoms with E-state index in [1.165, 1.54) is 6.92 Å². The van der Waals surface area contributed by atoms with Crippen molar-refractivity contribution in [1.82, 2.24) is 15.5 Å². The summed E-state index contributed by atoms with van der Waals surface area (Å²) in [4.78, 5) is 24.8. The SMILES string of the molecule is CC(=O)N[C@H]1CCCN(C(=O)N[C@H]2CCS(=O)(=O)C2)C1. The molecule has 2 atom stereocenters. The number of urea groups is 1. The summed E-state index contributed by atoms with van der Waals surface area (Å²) in [5.74, 6) is 0.0768. The molecule has 0 aromatic heterocycles. The lowest BCUT2D eigenvalue weighted by Crippen LogP contribution is -2.53. The zero-order valence-electron chi connectivity index (χ0n) is 11.6. The number of likely N-dealkylation sites (tertiary alicyclic amines) is 1. The van der Waals surface area contributed by atoms with E-state index in [-0.39, 0.29) is 35.5 Å². The molecule has 2 aliphatic heterocycles. The lowest BCUT2D eigenvalue weighted by atomic mass is 10.1. The predicted molar refractivity (Wildman–Crippen MR) is 74.0 cm³/mol. The third-order valence-corrected chi connectivity index (χ3v) is 5.44. The lowest BCUT2D eigenvalue weighted by molar-refractivity contribution is -0.119. The fourth-order valence-electron chi connectivity index (χ4n) is 2.74. The van der Waals surface area contributed by atoms with Crippen LogP contribution in [0.4, 0.5) is 4.79 Å². The number of sulfone groups is 1. The van der Waals surface area contributed by atoms with E-state index in [4.69, 9.17) is 0 Å². The zero-order chi connectivity index (χ0) is 14.8. The van der Waals surface area contributed by atoms with Crippen molar-refractivity contribution in [1.29, 1.82) is 0 Å². The van der Waals surface area contributed by atoms with Crippen molar-refractivity contribution in [3.05, 3.63) is 0 Å². The summed E-state index contributed by atoms with van der Waals surface area (Å²) in [6.45, 7) is 2.58. The minimum atomic E-state index is -2.99. The maximum absolute atomic E-state index is 12.1. The Hall–Kier alpha value is -1.31. The zero-order valence-corrected chi connectivity index (χ0v) is 12.4. The molecule has 7 nitrogen and oxygen atoms in total. The molecule has 3 amide bonds. The normalized spacial score (nSPS) is 28.9. The largest absolute Gasteiger partial charge is 0.352 e. The van der Waals surface area contributed by atoms with E-state index in [2.05, 4.69) is 10.6 Å². The highest BCUT2D eigenvalue weighted by Crippen LogP contribution is 2.14. The van der Waals surface area contributed by atoms with E-state index in [9.17, 15) is 18.0 Å². The maximum Gasteiger partial charge on any atom is 0.317 e. The number of amides is 3. The van der Waals surface area contributed by atoms with E-state index < -0.39 is 9.84 Å². The molecule has 114 valence electrons. The van der Waals surface area contributed by atoms with E-state index in [0.29, 0.717) is 19.5 Å². The van der Waals surface area contributed by atoms with Gasteiger partial charge < -0.3 is 15.5 Å². The first-order valence-electron chi connectivity index (χ1n) is 6.89. The Labute approximate surface area is 119 Å². The van der Waals surface area contributed by atoms with Crippen molar-refractivity contribution in [2.75, 3.05) is 24.6 Å². The molecule has 0 aromatic carbocycles. The number of hydrogen-bond donors (Lipinski definition) is 2. The van der Waals surface area contributed by atoms with Crippen molar-refractivity contribution in [3.63, 3.8) is 0 Å². The Morgan fingerprint density at radius 3 is 2.50 bits per heavy atom. The number of nitrogens with zero attached hydrogens (tertiary/aromatic N) is 1. The van der Waals surface area contributed by atoms with E-state index in [1.54, 1.807) is 4.90 Å². The second-order valence-electron chi connectivity index (χ2n) is 5.54. The van der Waals surface area contributed by atoms with Gasteiger partial charge in [0.1, 0.15) is 0 Å². The van der Waals surface area contributed by atoms with Crippen molar-refractivity contribution < 1.29 is 18.0 Å². The minimum Gasteiger partial charge on any atom is -0.352 e. The molecular weight excluding hydrogens is 282 g/mol. The van der Waals surface area contributed by atoms with Crippen molar-refractivity contribution in [2.45, 2.75) is 38.3 Å². The molecule has 2 aliphatic rings. The fraction of sp³-hybridized carbons (Fsp3) is 0.833. The van der Waals surface area contributed by atoms with Crippen LogP contribution in [0.2, 0.25) is 0 Å². The Morgan fingerprint density at radius 2 is 1.90 bits per heavy atom. The Balaban J connectivity index is 1.84. The fourth-order valence-corrected chi connectivity index (χ4v) is 4.41. The van der Waals surface area contributed by atoms with Crippen LogP contribution in [0.15, 0.2) is 0 Å². The average molecular weight is 303 g/mol. The van der Waals surface area contributed by atoms with Gasteiger partial charge in [-0.2, -0.15) is 0 Å². The highest BCUT2D eigenvalue weighted by Gasteiger charge is 2.31. The van der Waals surface area contributed by atoms with Gasteiger partial charge >= 0.3 is 6.03 Å². The molecule has 0 aromatic rings. The summed E-state index contributed by atoms with van der Waals surface area (Å²) in [7, 11) is -2.99. The molecule has 0 bridgehead atoms. The van der Waals surface area contributed by atoms with Crippen LogP contribution >= 0.6 is 0 Å². The number of piperidine rings is 1. The monoisotopic (exact) mass is 303 g/mol. The van der Waals surface area contributed by atoms with Crippen LogP contribution in [0.1, 0.15) is 26.2 Å². The average Bonchev–Trinajstić information content (AvgIpc) is 2.68. The first-order chi connectivity index (χ1) is 9.35. The predicted octanol–water partition coefficient (Wildman–Crippen LogP) is -0.516. The Kier molecular flexibility index (Phi) is 4.52. The van der Waals surface area contributed by atoms with Crippen LogP contribution in [0.5, 0.6) is 0 Å². The second-order valence-corrected chi connectivity index (χ2v) is 7.76. The molecule has 2 saturated heterocycles. The van der Waals surface area contributed by atoms with Gasteiger partial charge in [0.15, 0.2) is 9.84 Å². The number of hydrogen-bond acceptors (Lipinski definition) is 4. The van der Waals surface area contributed by atoms with Crippen LogP contribution in [0.3, 0.4) is 0 Å². The van der Waals surface area contributed by atoms with Gasteiger partial charge in [-0.25, -0.2) is 13.2 Å². The molecule has 2 heterocycles. The van der Waals surface area contributed by atoms with Gasteiger partial charge in [-0.1, -0.05) is 0 Å². The van der Waals surface area contributed by atoms with Crippen LogP contribution in [-0.2, 0) is 14.6 Å². The standard InChI is InChI=1S/C12H21N3O4S/c1-9(16)13-10-3-2-5-15(7-10)12(17)14-11-4-6-20(18,19)8-11/h10-11H,2-8H2,1H3,(H,13,16)(H,14,17)/t10-,11-/m0/s1. The summed E-state index contributed by atoms with van der Waals surface area (Å²) in [6, 6.07) is -0.532. The highest BCUT2D eigenvalue weighted by molar-refractivity contribution is 7.91. The molecule has 0 saturated carbocycles. The molecule has 2 N–H and O–H groups in total. The van der Waals surface area contributed by atoms with Crippen LogP contribution in [-0.4, -0.2) is 61.9 Å². The molecule has 20 heavy (non-hydrogen) atoms. The summed E-state index contributed by atoms with van der Waals surface area (Å²) < 4.78 is 22.7. The van der Waals surface area contributed by atoms with Gasteiger partial charge in [0.05, 0.1) is 11.5 Å². The van der Waals surface area contributed by atoms with Crippen molar-refractivity contribution in [2.24, 2.45) is 0 Å². The highest BCUT2D eigenvalue weighted by atomic mass is 32.2. The number of carbonyl (C=O) groups is 2. The molecule has 0 aliphatic carbocycles.